The molecule has 2 rings (SSSR count). The van der Waals surface area contributed by atoms with Crippen LogP contribution in [0.3, 0.4) is 0 Å². The summed E-state index contributed by atoms with van der Waals surface area (Å²) in [7, 11) is 2.61. The molecule has 12 heteroatoms. The van der Waals surface area contributed by atoms with Gasteiger partial charge in [0.1, 0.15) is 24.2 Å². The van der Waals surface area contributed by atoms with Gasteiger partial charge in [0.15, 0.2) is 0 Å². The number of hydrogen-bond donors (Lipinski definition) is 4. The van der Waals surface area contributed by atoms with E-state index in [2.05, 4.69) is 31.5 Å². The summed E-state index contributed by atoms with van der Waals surface area (Å²) in [4.78, 5) is 50.3. The summed E-state index contributed by atoms with van der Waals surface area (Å²) in [5.74, 6) is -1.89. The van der Waals surface area contributed by atoms with Gasteiger partial charge in [-0.1, -0.05) is 55.4 Å². The number of benzene rings is 2. The van der Waals surface area contributed by atoms with Crippen LogP contribution in [0.4, 0.5) is 22.7 Å². The standard InChI is InChI=1S/C34H50N6O6/c1-19(2)27(31(41)37-29(21(5)6)33(43)45-9)35-23-11-15-25(16-12-23)39-40-26-17-13-24(14-18-26)36-28(20(3)4)32(42)38-30(22(7)8)34(44)46-10/h11-22,27-30,35-36H,1-10H3,(H,37,41)(H,38,42)/t27-,28-,29-,30-/m0/s1. The Morgan fingerprint density at radius 1 is 0.500 bits per heavy atom. The second kappa shape index (κ2) is 17.9. The minimum atomic E-state index is -0.736. The molecule has 2 aromatic rings. The number of carbonyl (C=O) groups excluding carboxylic acids is 4. The summed E-state index contributed by atoms with van der Waals surface area (Å²) in [5.41, 5.74) is 2.67. The number of azo groups is 1. The number of hydrogen-bond acceptors (Lipinski definition) is 10. The molecule has 0 aliphatic rings. The second-order valence-electron chi connectivity index (χ2n) is 12.5. The van der Waals surface area contributed by atoms with Gasteiger partial charge in [0, 0.05) is 11.4 Å². The molecule has 0 heterocycles. The lowest BCUT2D eigenvalue weighted by Crippen LogP contribution is -2.51. The average Bonchev–Trinajstić information content (AvgIpc) is 3.02. The van der Waals surface area contributed by atoms with Crippen molar-refractivity contribution < 1.29 is 28.7 Å². The summed E-state index contributed by atoms with van der Waals surface area (Å²) < 4.78 is 9.69. The zero-order valence-corrected chi connectivity index (χ0v) is 28.6. The molecular weight excluding hydrogens is 588 g/mol. The molecule has 0 radical (unpaired) electrons. The van der Waals surface area contributed by atoms with Crippen LogP contribution in [0, 0.1) is 23.7 Å². The molecule has 2 aromatic carbocycles. The number of carbonyl (C=O) groups is 4. The van der Waals surface area contributed by atoms with Gasteiger partial charge >= 0.3 is 11.9 Å². The largest absolute Gasteiger partial charge is 0.467 e. The van der Waals surface area contributed by atoms with Gasteiger partial charge in [0.25, 0.3) is 0 Å². The highest BCUT2D eigenvalue weighted by Gasteiger charge is 2.31. The van der Waals surface area contributed by atoms with Crippen molar-refractivity contribution in [2.75, 3.05) is 24.9 Å². The van der Waals surface area contributed by atoms with Gasteiger partial charge in [0.05, 0.1) is 25.6 Å². The number of anilines is 2. The molecule has 252 valence electrons. The first-order valence-electron chi connectivity index (χ1n) is 15.6. The van der Waals surface area contributed by atoms with E-state index >= 15 is 0 Å². The number of amides is 2. The van der Waals surface area contributed by atoms with Crippen LogP contribution < -0.4 is 21.3 Å². The maximum atomic E-state index is 13.0. The number of ether oxygens (including phenoxy) is 2. The molecule has 0 aliphatic heterocycles. The smallest absolute Gasteiger partial charge is 0.328 e. The van der Waals surface area contributed by atoms with Gasteiger partial charge in [-0.15, -0.1) is 0 Å². The van der Waals surface area contributed by atoms with E-state index in [-0.39, 0.29) is 35.5 Å². The van der Waals surface area contributed by atoms with Gasteiger partial charge in [-0.25, -0.2) is 9.59 Å². The molecule has 0 bridgehead atoms. The Kier molecular flexibility index (Phi) is 14.6. The fourth-order valence-corrected chi connectivity index (χ4v) is 4.53. The molecule has 0 spiro atoms. The van der Waals surface area contributed by atoms with E-state index < -0.39 is 36.1 Å². The molecule has 0 saturated carbocycles. The van der Waals surface area contributed by atoms with E-state index in [0.717, 1.165) is 11.4 Å². The highest BCUT2D eigenvalue weighted by atomic mass is 16.5. The average molecular weight is 639 g/mol. The van der Waals surface area contributed by atoms with Crippen molar-refractivity contribution in [3.63, 3.8) is 0 Å². The Bertz CT molecular complexity index is 1220. The fraction of sp³-hybridized carbons (Fsp3) is 0.529. The van der Waals surface area contributed by atoms with Crippen molar-refractivity contribution in [2.45, 2.75) is 79.6 Å². The third-order valence-corrected chi connectivity index (χ3v) is 7.40. The zero-order valence-electron chi connectivity index (χ0n) is 28.6. The number of nitrogens with one attached hydrogen (secondary N) is 4. The van der Waals surface area contributed by atoms with Crippen LogP contribution >= 0.6 is 0 Å². The van der Waals surface area contributed by atoms with Crippen LogP contribution in [0.2, 0.25) is 0 Å². The lowest BCUT2D eigenvalue weighted by molar-refractivity contribution is -0.146. The van der Waals surface area contributed by atoms with E-state index in [1.807, 2.05) is 79.7 Å². The summed E-state index contributed by atoms with van der Waals surface area (Å²) in [6, 6.07) is 11.8. The van der Waals surface area contributed by atoms with Crippen molar-refractivity contribution in [3.8, 4) is 0 Å². The van der Waals surface area contributed by atoms with Gasteiger partial charge in [0.2, 0.25) is 11.8 Å². The SMILES string of the molecule is COC(=O)[C@@H](NC(=O)[C@@H](Nc1ccc(N=Nc2ccc(N[C@H](C(=O)N[C@H](C(=O)OC)C(C)C)C(C)C)cc2)cc1)C(C)C)C(C)C. The van der Waals surface area contributed by atoms with E-state index in [1.165, 1.54) is 14.2 Å². The van der Waals surface area contributed by atoms with Gasteiger partial charge in [-0.2, -0.15) is 10.2 Å². The molecular formula is C34H50N6O6. The minimum absolute atomic E-state index is 0.0516. The number of methoxy groups -OCH3 is 2. The Hall–Kier alpha value is -4.48. The van der Waals surface area contributed by atoms with Crippen molar-refractivity contribution in [3.05, 3.63) is 48.5 Å². The molecule has 4 N–H and O–H groups in total. The molecule has 0 unspecified atom stereocenters. The Morgan fingerprint density at radius 3 is 1.02 bits per heavy atom. The molecule has 0 aromatic heterocycles. The van der Waals surface area contributed by atoms with Crippen LogP contribution in [-0.4, -0.2) is 62.1 Å². The minimum Gasteiger partial charge on any atom is -0.467 e. The lowest BCUT2D eigenvalue weighted by atomic mass is 10.00. The Labute approximate surface area is 272 Å². The van der Waals surface area contributed by atoms with E-state index in [4.69, 9.17) is 9.47 Å². The fourth-order valence-electron chi connectivity index (χ4n) is 4.53. The third-order valence-electron chi connectivity index (χ3n) is 7.40. The van der Waals surface area contributed by atoms with Crippen molar-refractivity contribution in [1.29, 1.82) is 0 Å². The monoisotopic (exact) mass is 638 g/mol. The topological polar surface area (TPSA) is 160 Å². The van der Waals surface area contributed by atoms with Crippen LogP contribution in [0.15, 0.2) is 58.8 Å². The van der Waals surface area contributed by atoms with Crippen LogP contribution in [0.1, 0.15) is 55.4 Å². The molecule has 0 fully saturated rings. The van der Waals surface area contributed by atoms with E-state index in [9.17, 15) is 19.2 Å². The normalized spacial score (nSPS) is 14.1. The van der Waals surface area contributed by atoms with Crippen LogP contribution in [0.25, 0.3) is 0 Å². The van der Waals surface area contributed by atoms with Crippen molar-refractivity contribution in [2.24, 2.45) is 33.9 Å². The van der Waals surface area contributed by atoms with Crippen molar-refractivity contribution in [1.82, 2.24) is 10.6 Å². The van der Waals surface area contributed by atoms with Crippen LogP contribution in [-0.2, 0) is 28.7 Å². The van der Waals surface area contributed by atoms with Crippen molar-refractivity contribution >= 4 is 46.5 Å². The van der Waals surface area contributed by atoms with Crippen LogP contribution in [0.5, 0.6) is 0 Å². The van der Waals surface area contributed by atoms with E-state index in [0.29, 0.717) is 11.4 Å². The van der Waals surface area contributed by atoms with Gasteiger partial charge in [-0.05, 0) is 72.2 Å². The summed E-state index contributed by atoms with van der Waals surface area (Å²) in [5, 5.41) is 20.7. The predicted molar refractivity (Wildman–Crippen MR) is 179 cm³/mol. The van der Waals surface area contributed by atoms with E-state index in [1.54, 1.807) is 24.3 Å². The zero-order chi connectivity index (χ0) is 34.6. The second-order valence-corrected chi connectivity index (χ2v) is 12.5. The predicted octanol–water partition coefficient (Wildman–Crippen LogP) is 5.60. The number of nitrogens with zero attached hydrogens (tertiary/aromatic N) is 2. The maximum Gasteiger partial charge on any atom is 0.328 e. The first kappa shape index (κ1) is 37.7. The Morgan fingerprint density at radius 2 is 0.783 bits per heavy atom. The molecule has 0 saturated heterocycles. The molecule has 46 heavy (non-hydrogen) atoms. The third kappa shape index (κ3) is 11.1. The lowest BCUT2D eigenvalue weighted by Gasteiger charge is -2.26. The first-order chi connectivity index (χ1) is 21.7. The number of rotatable bonds is 16. The molecule has 2 amide bonds. The molecule has 0 aliphatic carbocycles. The first-order valence-corrected chi connectivity index (χ1v) is 15.6. The highest BCUT2D eigenvalue weighted by molar-refractivity contribution is 5.90. The Balaban J connectivity index is 2.05. The summed E-state index contributed by atoms with van der Waals surface area (Å²) in [6.45, 7) is 15.1. The number of esters is 2. The summed E-state index contributed by atoms with van der Waals surface area (Å²) >= 11 is 0. The quantitative estimate of drug-likeness (QED) is 0.137. The molecule has 12 nitrogen and oxygen atoms in total. The van der Waals surface area contributed by atoms with Gasteiger partial charge in [-0.3, -0.25) is 9.59 Å². The summed E-state index contributed by atoms with van der Waals surface area (Å²) in [6.07, 6.45) is 0. The maximum absolute atomic E-state index is 13.0. The molecule has 4 atom stereocenters. The highest BCUT2D eigenvalue weighted by Crippen LogP contribution is 2.24. The van der Waals surface area contributed by atoms with Gasteiger partial charge < -0.3 is 30.7 Å².